The van der Waals surface area contributed by atoms with E-state index in [0.29, 0.717) is 23.9 Å². The number of urea groups is 1. The molecule has 2 N–H and O–H groups in total. The highest BCUT2D eigenvalue weighted by Crippen LogP contribution is 2.25. The average molecular weight is 517 g/mol. The lowest BCUT2D eigenvalue weighted by Gasteiger charge is -2.15. The Labute approximate surface area is 223 Å². The topological polar surface area (TPSA) is 96.9 Å². The Bertz CT molecular complexity index is 1390. The predicted molar refractivity (Wildman–Crippen MR) is 149 cm³/mol. The molecule has 1 unspecified atom stereocenters. The zero-order valence-corrected chi connectivity index (χ0v) is 22.5. The Kier molecular flexibility index (Phi) is 7.37. The molecule has 0 radical (unpaired) electrons. The Morgan fingerprint density at radius 3 is 2.66 bits per heavy atom. The molecular formula is C29H36N6O3. The summed E-state index contributed by atoms with van der Waals surface area (Å²) in [6.07, 6.45) is 6.28. The fourth-order valence-corrected chi connectivity index (χ4v) is 4.59. The van der Waals surface area contributed by atoms with E-state index in [-0.39, 0.29) is 11.4 Å². The molecule has 1 fully saturated rings. The summed E-state index contributed by atoms with van der Waals surface area (Å²) in [5, 5.41) is 9.44. The van der Waals surface area contributed by atoms with Gasteiger partial charge in [0.05, 0.1) is 18.5 Å². The molecule has 1 atom stereocenters. The van der Waals surface area contributed by atoms with Gasteiger partial charge < -0.3 is 23.9 Å². The van der Waals surface area contributed by atoms with Gasteiger partial charge in [0.2, 0.25) is 0 Å². The molecule has 9 nitrogen and oxygen atoms in total. The first-order valence-corrected chi connectivity index (χ1v) is 13.2. The number of ether oxygens (including phenoxy) is 1. The summed E-state index contributed by atoms with van der Waals surface area (Å²) >= 11 is 0. The molecule has 9 heteroatoms. The largest absolute Gasteiger partial charge is 0.492 e. The van der Waals surface area contributed by atoms with Crippen molar-refractivity contribution >= 4 is 23.2 Å². The SMILES string of the molecule is CC1CCN(CCCOc2ccc3nc(-c4ccc(NC(=O)Nc5cc(C(C)(C)C)on5)cc4)cn3c2)C1. The van der Waals surface area contributed by atoms with Crippen LogP contribution in [-0.2, 0) is 5.41 Å². The van der Waals surface area contributed by atoms with E-state index in [0.717, 1.165) is 41.5 Å². The fourth-order valence-electron chi connectivity index (χ4n) is 4.59. The molecule has 1 saturated heterocycles. The number of imidazole rings is 1. The van der Waals surface area contributed by atoms with E-state index in [1.54, 1.807) is 6.07 Å². The molecule has 0 aliphatic carbocycles. The molecule has 1 aromatic carbocycles. The van der Waals surface area contributed by atoms with Crippen LogP contribution in [0.25, 0.3) is 16.9 Å². The van der Waals surface area contributed by atoms with E-state index >= 15 is 0 Å². The molecule has 5 rings (SSSR count). The Balaban J connectivity index is 1.15. The van der Waals surface area contributed by atoms with Gasteiger partial charge in [0.25, 0.3) is 0 Å². The number of nitrogens with one attached hydrogen (secondary N) is 2. The van der Waals surface area contributed by atoms with Crippen LogP contribution in [0.5, 0.6) is 5.75 Å². The van der Waals surface area contributed by atoms with Crippen LogP contribution in [0.2, 0.25) is 0 Å². The molecule has 0 bridgehead atoms. The van der Waals surface area contributed by atoms with Gasteiger partial charge >= 0.3 is 6.03 Å². The second-order valence-electron chi connectivity index (χ2n) is 11.1. The van der Waals surface area contributed by atoms with Gasteiger partial charge in [0, 0.05) is 42.0 Å². The third-order valence-corrected chi connectivity index (χ3v) is 6.75. The average Bonchev–Trinajstić information content (AvgIpc) is 3.61. The minimum atomic E-state index is -0.387. The second-order valence-corrected chi connectivity index (χ2v) is 11.1. The van der Waals surface area contributed by atoms with Crippen LogP contribution >= 0.6 is 0 Å². The van der Waals surface area contributed by atoms with E-state index in [1.165, 1.54) is 19.5 Å². The molecule has 1 aliphatic heterocycles. The van der Waals surface area contributed by atoms with Crippen LogP contribution < -0.4 is 15.4 Å². The van der Waals surface area contributed by atoms with Gasteiger partial charge in [-0.3, -0.25) is 5.32 Å². The molecule has 3 aromatic heterocycles. The van der Waals surface area contributed by atoms with E-state index in [9.17, 15) is 4.79 Å². The van der Waals surface area contributed by atoms with Crippen molar-refractivity contribution in [3.63, 3.8) is 0 Å². The number of likely N-dealkylation sites (tertiary alicyclic amines) is 1. The number of anilines is 2. The van der Waals surface area contributed by atoms with Gasteiger partial charge in [-0.1, -0.05) is 45.0 Å². The summed E-state index contributed by atoms with van der Waals surface area (Å²) in [6, 6.07) is 12.8. The first-order chi connectivity index (χ1) is 18.2. The van der Waals surface area contributed by atoms with Crippen molar-refractivity contribution in [3.05, 3.63) is 60.6 Å². The quantitative estimate of drug-likeness (QED) is 0.277. The minimum absolute atomic E-state index is 0.183. The van der Waals surface area contributed by atoms with Gasteiger partial charge in [-0.25, -0.2) is 9.78 Å². The van der Waals surface area contributed by atoms with Crippen molar-refractivity contribution in [1.82, 2.24) is 19.4 Å². The number of nitrogens with zero attached hydrogens (tertiary/aromatic N) is 4. The lowest BCUT2D eigenvalue weighted by molar-refractivity contribution is 0.259. The smallest absolute Gasteiger partial charge is 0.324 e. The van der Waals surface area contributed by atoms with Gasteiger partial charge in [-0.2, -0.15) is 0 Å². The third-order valence-electron chi connectivity index (χ3n) is 6.75. The van der Waals surface area contributed by atoms with Crippen molar-refractivity contribution in [2.24, 2.45) is 5.92 Å². The third kappa shape index (κ3) is 6.34. The maximum Gasteiger partial charge on any atom is 0.324 e. The molecule has 0 spiro atoms. The molecular weight excluding hydrogens is 480 g/mol. The maximum absolute atomic E-state index is 12.4. The van der Waals surface area contributed by atoms with Crippen LogP contribution in [0, 0.1) is 5.92 Å². The van der Waals surface area contributed by atoms with Gasteiger partial charge in [-0.05, 0) is 49.6 Å². The number of benzene rings is 1. The predicted octanol–water partition coefficient (Wildman–Crippen LogP) is 6.04. The van der Waals surface area contributed by atoms with Crippen LogP contribution in [0.15, 0.2) is 59.4 Å². The number of amides is 2. The zero-order valence-electron chi connectivity index (χ0n) is 22.5. The van der Waals surface area contributed by atoms with E-state index in [4.69, 9.17) is 14.2 Å². The number of carbonyl (C=O) groups is 1. The Hall–Kier alpha value is -3.85. The summed E-state index contributed by atoms with van der Waals surface area (Å²) in [5.41, 5.74) is 3.13. The highest BCUT2D eigenvalue weighted by Gasteiger charge is 2.20. The van der Waals surface area contributed by atoms with Crippen molar-refractivity contribution < 1.29 is 14.1 Å². The van der Waals surface area contributed by atoms with Crippen LogP contribution in [-0.4, -0.2) is 51.7 Å². The Morgan fingerprint density at radius 1 is 1.13 bits per heavy atom. The Morgan fingerprint density at radius 2 is 1.95 bits per heavy atom. The lowest BCUT2D eigenvalue weighted by atomic mass is 9.93. The standard InChI is InChI=1S/C29H36N6O3/c1-20-12-14-34(17-20)13-5-15-37-23-10-11-27-31-24(19-35(27)18-23)21-6-8-22(9-7-21)30-28(36)32-26-16-25(38-33-26)29(2,3)4/h6-11,16,18-20H,5,12-15,17H2,1-4H3,(H2,30,32,33,36). The normalized spacial score (nSPS) is 16.2. The highest BCUT2D eigenvalue weighted by molar-refractivity contribution is 5.99. The van der Waals surface area contributed by atoms with Crippen LogP contribution in [0.1, 0.15) is 46.3 Å². The molecule has 4 heterocycles. The highest BCUT2D eigenvalue weighted by atomic mass is 16.5. The number of hydrogen-bond donors (Lipinski definition) is 2. The summed E-state index contributed by atoms with van der Waals surface area (Å²) in [4.78, 5) is 19.6. The number of carbonyl (C=O) groups excluding carboxylic acids is 1. The van der Waals surface area contributed by atoms with Crippen molar-refractivity contribution in [3.8, 4) is 17.0 Å². The van der Waals surface area contributed by atoms with Crippen molar-refractivity contribution in [1.29, 1.82) is 0 Å². The maximum atomic E-state index is 12.4. The van der Waals surface area contributed by atoms with Crippen molar-refractivity contribution in [2.75, 3.05) is 36.9 Å². The number of pyridine rings is 1. The van der Waals surface area contributed by atoms with Crippen LogP contribution in [0.3, 0.4) is 0 Å². The second kappa shape index (κ2) is 10.9. The minimum Gasteiger partial charge on any atom is -0.492 e. The number of hydrogen-bond acceptors (Lipinski definition) is 6. The molecule has 38 heavy (non-hydrogen) atoms. The summed E-state index contributed by atoms with van der Waals surface area (Å²) in [5.74, 6) is 2.73. The van der Waals surface area contributed by atoms with E-state index < -0.39 is 0 Å². The molecule has 1 aliphatic rings. The molecule has 4 aromatic rings. The number of rotatable bonds is 8. The van der Waals surface area contributed by atoms with E-state index in [1.807, 2.05) is 74.0 Å². The number of fused-ring (bicyclic) bond motifs is 1. The zero-order chi connectivity index (χ0) is 26.7. The molecule has 2 amide bonds. The summed E-state index contributed by atoms with van der Waals surface area (Å²) < 4.78 is 13.3. The van der Waals surface area contributed by atoms with Crippen molar-refractivity contribution in [2.45, 2.75) is 46.0 Å². The fraction of sp³-hybridized carbons (Fsp3) is 0.414. The number of aromatic nitrogens is 3. The summed E-state index contributed by atoms with van der Waals surface area (Å²) in [7, 11) is 0. The van der Waals surface area contributed by atoms with Gasteiger partial charge in [0.15, 0.2) is 5.82 Å². The first-order valence-electron chi connectivity index (χ1n) is 13.2. The lowest BCUT2D eigenvalue weighted by Crippen LogP contribution is -2.23. The van der Waals surface area contributed by atoms with E-state index in [2.05, 4.69) is 27.6 Å². The molecule has 0 saturated carbocycles. The summed E-state index contributed by atoms with van der Waals surface area (Å²) in [6.45, 7) is 12.6. The monoisotopic (exact) mass is 516 g/mol. The van der Waals surface area contributed by atoms with Gasteiger partial charge in [-0.15, -0.1) is 0 Å². The first kappa shape index (κ1) is 25.8. The van der Waals surface area contributed by atoms with Crippen LogP contribution in [0.4, 0.5) is 16.3 Å². The van der Waals surface area contributed by atoms with Gasteiger partial charge in [0.1, 0.15) is 17.2 Å². The molecule has 200 valence electrons.